The highest BCUT2D eigenvalue weighted by atomic mass is 16.6. The fraction of sp³-hybridized carbons (Fsp3) is 0.160. The molecule has 0 fully saturated rings. The smallest absolute Gasteiger partial charge is 0.331 e. The van der Waals surface area contributed by atoms with Gasteiger partial charge in [-0.25, -0.2) is 4.79 Å². The minimum atomic E-state index is -1.18. The van der Waals surface area contributed by atoms with E-state index in [4.69, 9.17) is 14.2 Å². The van der Waals surface area contributed by atoms with Crippen LogP contribution in [0.2, 0.25) is 0 Å². The van der Waals surface area contributed by atoms with Crippen molar-refractivity contribution >= 4 is 29.3 Å². The van der Waals surface area contributed by atoms with Gasteiger partial charge in [0.15, 0.2) is 6.10 Å². The maximum Gasteiger partial charge on any atom is 0.331 e. The molecule has 0 aliphatic rings. The van der Waals surface area contributed by atoms with Crippen LogP contribution in [0.1, 0.15) is 18.2 Å². The number of esters is 1. The van der Waals surface area contributed by atoms with Gasteiger partial charge >= 0.3 is 5.97 Å². The summed E-state index contributed by atoms with van der Waals surface area (Å²) in [4.78, 5) is 39.3. The van der Waals surface area contributed by atoms with Gasteiger partial charge in [0.2, 0.25) is 0 Å². The van der Waals surface area contributed by atoms with E-state index in [2.05, 4.69) is 10.3 Å². The Morgan fingerprint density at radius 3 is 2.51 bits per heavy atom. The van der Waals surface area contributed by atoms with Gasteiger partial charge in [0.1, 0.15) is 23.8 Å². The molecule has 3 rings (SSSR count). The summed E-state index contributed by atoms with van der Waals surface area (Å²) in [7, 11) is 1.37. The average Bonchev–Trinajstić information content (AvgIpc) is 2.87. The molecule has 0 saturated carbocycles. The molecular formula is C25H23N3O7. The third kappa shape index (κ3) is 7.39. The van der Waals surface area contributed by atoms with Gasteiger partial charge in [0.25, 0.3) is 11.6 Å². The number of hydrogen-bond donors (Lipinski definition) is 1. The Bertz CT molecular complexity index is 1210. The van der Waals surface area contributed by atoms with Gasteiger partial charge in [-0.05, 0) is 55.0 Å². The first-order valence-corrected chi connectivity index (χ1v) is 10.5. The van der Waals surface area contributed by atoms with Crippen molar-refractivity contribution in [3.63, 3.8) is 0 Å². The second kappa shape index (κ2) is 11.9. The largest absolute Gasteiger partial charge is 0.496 e. The molecule has 0 bridgehead atoms. The SMILES string of the molecule is COc1ccc(NC(=O)C(C)OC(=O)C=Cc2ccc(OCc3ccccn3)cc2)c([N+](=O)[O-])c1. The van der Waals surface area contributed by atoms with E-state index in [1.165, 1.54) is 44.4 Å². The number of carbonyl (C=O) groups excluding carboxylic acids is 2. The van der Waals surface area contributed by atoms with Crippen LogP contribution >= 0.6 is 0 Å². The number of benzene rings is 2. The van der Waals surface area contributed by atoms with E-state index in [1.54, 1.807) is 30.5 Å². The van der Waals surface area contributed by atoms with Crippen LogP contribution in [-0.2, 0) is 20.9 Å². The monoisotopic (exact) mass is 477 g/mol. The molecule has 1 amide bonds. The van der Waals surface area contributed by atoms with Crippen molar-refractivity contribution in [3.8, 4) is 11.5 Å². The number of methoxy groups -OCH3 is 1. The Kier molecular flexibility index (Phi) is 8.49. The predicted octanol–water partition coefficient (Wildman–Crippen LogP) is 4.16. The number of nitro groups is 1. The van der Waals surface area contributed by atoms with Crippen LogP contribution in [-0.4, -0.2) is 35.0 Å². The van der Waals surface area contributed by atoms with E-state index in [-0.39, 0.29) is 17.1 Å². The quantitative estimate of drug-likeness (QED) is 0.199. The molecule has 1 atom stereocenters. The molecule has 0 aliphatic heterocycles. The molecular weight excluding hydrogens is 454 g/mol. The lowest BCUT2D eigenvalue weighted by molar-refractivity contribution is -0.384. The standard InChI is InChI=1S/C25H23N3O7/c1-17(25(30)27-22-12-11-21(33-2)15-23(22)28(31)32)35-24(29)13-8-18-6-9-20(10-7-18)34-16-19-5-3-4-14-26-19/h3-15,17H,16H2,1-2H3,(H,27,30). The van der Waals surface area contributed by atoms with E-state index in [0.717, 1.165) is 11.3 Å². The normalized spacial score (nSPS) is 11.5. The number of hydrogen-bond acceptors (Lipinski definition) is 8. The summed E-state index contributed by atoms with van der Waals surface area (Å²) in [6, 6.07) is 16.6. The zero-order valence-electron chi connectivity index (χ0n) is 19.0. The molecule has 1 unspecified atom stereocenters. The fourth-order valence-corrected chi connectivity index (χ4v) is 2.88. The number of nitro benzene ring substituents is 1. The second-order valence-corrected chi connectivity index (χ2v) is 7.22. The second-order valence-electron chi connectivity index (χ2n) is 7.22. The van der Waals surface area contributed by atoms with Crippen LogP contribution in [0, 0.1) is 10.1 Å². The van der Waals surface area contributed by atoms with Gasteiger partial charge in [-0.15, -0.1) is 0 Å². The van der Waals surface area contributed by atoms with Crippen LogP contribution in [0.4, 0.5) is 11.4 Å². The Hall–Kier alpha value is -4.73. The lowest BCUT2D eigenvalue weighted by Gasteiger charge is -2.13. The molecule has 1 heterocycles. The predicted molar refractivity (Wildman–Crippen MR) is 128 cm³/mol. The third-order valence-corrected chi connectivity index (χ3v) is 4.73. The lowest BCUT2D eigenvalue weighted by Crippen LogP contribution is -2.29. The molecule has 3 aromatic rings. The molecule has 1 N–H and O–H groups in total. The first-order chi connectivity index (χ1) is 16.9. The molecule has 0 spiro atoms. The number of anilines is 1. The number of carbonyl (C=O) groups is 2. The summed E-state index contributed by atoms with van der Waals surface area (Å²) >= 11 is 0. The summed E-state index contributed by atoms with van der Waals surface area (Å²) in [5, 5.41) is 13.7. The number of nitrogens with zero attached hydrogens (tertiary/aromatic N) is 2. The summed E-state index contributed by atoms with van der Waals surface area (Å²) in [6.45, 7) is 1.70. The maximum absolute atomic E-state index is 12.4. The van der Waals surface area contributed by atoms with Crippen molar-refractivity contribution in [1.82, 2.24) is 4.98 Å². The Balaban J connectivity index is 1.52. The van der Waals surface area contributed by atoms with E-state index >= 15 is 0 Å². The number of nitrogens with one attached hydrogen (secondary N) is 1. The van der Waals surface area contributed by atoms with Crippen LogP contribution in [0.25, 0.3) is 6.08 Å². The Morgan fingerprint density at radius 1 is 1.11 bits per heavy atom. The van der Waals surface area contributed by atoms with Crippen LogP contribution in [0.15, 0.2) is 72.9 Å². The molecule has 0 radical (unpaired) electrons. The zero-order valence-corrected chi connectivity index (χ0v) is 19.0. The van der Waals surface area contributed by atoms with Crippen LogP contribution < -0.4 is 14.8 Å². The summed E-state index contributed by atoms with van der Waals surface area (Å²) in [5.41, 5.74) is 1.14. The summed E-state index contributed by atoms with van der Waals surface area (Å²) < 4.78 is 15.7. The first kappa shape index (κ1) is 24.9. The highest BCUT2D eigenvalue weighted by Crippen LogP contribution is 2.29. The number of ether oxygens (including phenoxy) is 3. The van der Waals surface area contributed by atoms with Gasteiger partial charge in [0, 0.05) is 12.3 Å². The molecule has 180 valence electrons. The van der Waals surface area contributed by atoms with Crippen molar-refractivity contribution < 1.29 is 28.7 Å². The first-order valence-electron chi connectivity index (χ1n) is 10.5. The van der Waals surface area contributed by atoms with Crippen molar-refractivity contribution in [2.45, 2.75) is 19.6 Å². The fourth-order valence-electron chi connectivity index (χ4n) is 2.88. The van der Waals surface area contributed by atoms with E-state index < -0.39 is 22.9 Å². The molecule has 2 aromatic carbocycles. The van der Waals surface area contributed by atoms with Gasteiger partial charge in [-0.3, -0.25) is 19.9 Å². The third-order valence-electron chi connectivity index (χ3n) is 4.73. The maximum atomic E-state index is 12.4. The number of pyridine rings is 1. The Labute approximate surface area is 201 Å². The molecule has 10 heteroatoms. The van der Waals surface area contributed by atoms with Crippen molar-refractivity contribution in [2.24, 2.45) is 0 Å². The Morgan fingerprint density at radius 2 is 1.86 bits per heavy atom. The van der Waals surface area contributed by atoms with Gasteiger partial charge < -0.3 is 19.5 Å². The van der Waals surface area contributed by atoms with Gasteiger partial charge in [0.05, 0.1) is 23.8 Å². The summed E-state index contributed by atoms with van der Waals surface area (Å²) in [5.74, 6) is -0.540. The van der Waals surface area contributed by atoms with Crippen molar-refractivity contribution in [2.75, 3.05) is 12.4 Å². The molecule has 0 aliphatic carbocycles. The topological polar surface area (TPSA) is 130 Å². The van der Waals surface area contributed by atoms with Crippen LogP contribution in [0.5, 0.6) is 11.5 Å². The molecule has 1 aromatic heterocycles. The highest BCUT2D eigenvalue weighted by Gasteiger charge is 2.22. The average molecular weight is 477 g/mol. The van der Waals surface area contributed by atoms with E-state index in [0.29, 0.717) is 12.4 Å². The van der Waals surface area contributed by atoms with Crippen LogP contribution in [0.3, 0.4) is 0 Å². The summed E-state index contributed by atoms with van der Waals surface area (Å²) in [6.07, 6.45) is 3.22. The molecule has 10 nitrogen and oxygen atoms in total. The minimum absolute atomic E-state index is 0.0374. The number of aromatic nitrogens is 1. The number of amides is 1. The molecule has 35 heavy (non-hydrogen) atoms. The van der Waals surface area contributed by atoms with E-state index in [1.807, 2.05) is 18.2 Å². The number of rotatable bonds is 10. The van der Waals surface area contributed by atoms with Crippen molar-refractivity contribution in [1.29, 1.82) is 0 Å². The van der Waals surface area contributed by atoms with Gasteiger partial charge in [-0.1, -0.05) is 18.2 Å². The minimum Gasteiger partial charge on any atom is -0.496 e. The molecule has 0 saturated heterocycles. The highest BCUT2D eigenvalue weighted by molar-refractivity contribution is 5.98. The lowest BCUT2D eigenvalue weighted by atomic mass is 10.2. The van der Waals surface area contributed by atoms with Gasteiger partial charge in [-0.2, -0.15) is 0 Å². The van der Waals surface area contributed by atoms with Crippen molar-refractivity contribution in [3.05, 3.63) is 94.3 Å². The van der Waals surface area contributed by atoms with E-state index in [9.17, 15) is 19.7 Å². The zero-order chi connectivity index (χ0) is 25.2.